The van der Waals surface area contributed by atoms with Gasteiger partial charge in [-0.3, -0.25) is 4.79 Å². The second-order valence-corrected chi connectivity index (χ2v) is 7.37. The molecule has 0 aliphatic heterocycles. The Bertz CT molecular complexity index is 1010. The van der Waals surface area contributed by atoms with E-state index in [9.17, 15) is 13.2 Å². The number of nitrogens with zero attached hydrogens (tertiary/aromatic N) is 2. The van der Waals surface area contributed by atoms with Crippen LogP contribution in [0, 0.1) is 6.92 Å². The van der Waals surface area contributed by atoms with Crippen molar-refractivity contribution in [2.45, 2.75) is 25.3 Å². The maximum Gasteiger partial charge on any atom is 0.240 e. The Balaban J connectivity index is 1.77. The summed E-state index contributed by atoms with van der Waals surface area (Å²) in [5, 5.41) is 0. The molecule has 1 aromatic carbocycles. The predicted octanol–water partition coefficient (Wildman–Crippen LogP) is 2.32. The van der Waals surface area contributed by atoms with E-state index >= 15 is 0 Å². The number of fused-ring (bicyclic) bond motifs is 1. The summed E-state index contributed by atoms with van der Waals surface area (Å²) in [5.41, 5.74) is 2.97. The zero-order valence-corrected chi connectivity index (χ0v) is 14.2. The normalized spacial score (nSPS) is 11.8. The van der Waals surface area contributed by atoms with Crippen molar-refractivity contribution >= 4 is 21.5 Å². The van der Waals surface area contributed by atoms with Gasteiger partial charge in [0.05, 0.1) is 17.1 Å². The number of aryl methyl sites for hydroxylation is 1. The molecule has 1 N–H and O–H groups in total. The number of sulfonamides is 1. The van der Waals surface area contributed by atoms with Gasteiger partial charge in [0.15, 0.2) is 5.78 Å². The highest BCUT2D eigenvalue weighted by Crippen LogP contribution is 2.12. The first-order valence-corrected chi connectivity index (χ1v) is 8.88. The number of carbonyl (C=O) groups excluding carboxylic acids is 1. The summed E-state index contributed by atoms with van der Waals surface area (Å²) in [5.74, 6) is -0.105. The number of rotatable bonds is 5. The van der Waals surface area contributed by atoms with Gasteiger partial charge in [-0.05, 0) is 43.7 Å². The maximum atomic E-state index is 12.3. The highest BCUT2D eigenvalue weighted by molar-refractivity contribution is 7.89. The molecule has 0 atom stereocenters. The number of carbonyl (C=O) groups is 1. The summed E-state index contributed by atoms with van der Waals surface area (Å²) < 4.78 is 29.0. The van der Waals surface area contributed by atoms with Crippen LogP contribution in [0.4, 0.5) is 0 Å². The van der Waals surface area contributed by atoms with Crippen molar-refractivity contribution in [2.24, 2.45) is 0 Å². The fraction of sp³-hybridized carbons (Fsp3) is 0.176. The van der Waals surface area contributed by atoms with Crippen molar-refractivity contribution in [3.05, 3.63) is 65.6 Å². The zero-order chi connectivity index (χ0) is 17.3. The van der Waals surface area contributed by atoms with E-state index in [1.807, 2.05) is 29.7 Å². The van der Waals surface area contributed by atoms with Crippen LogP contribution in [0.2, 0.25) is 0 Å². The number of Topliss-reactive ketones (excluding diaryl/α,β-unsaturated/α-hetero) is 1. The van der Waals surface area contributed by atoms with Crippen LogP contribution >= 0.6 is 0 Å². The van der Waals surface area contributed by atoms with Crippen LogP contribution in [0.25, 0.3) is 5.65 Å². The average Bonchev–Trinajstić information content (AvgIpc) is 2.95. The standard InChI is InChI=1S/C17H17N3O3S/c1-12-7-8-20-11-15(19-17(20)9-12)10-18-24(22,23)16-5-3-14(4-6-16)13(2)21/h3-9,11,18H,10H2,1-2H3. The Hall–Kier alpha value is -2.51. The van der Waals surface area contributed by atoms with Gasteiger partial charge in [-0.2, -0.15) is 0 Å². The highest BCUT2D eigenvalue weighted by Gasteiger charge is 2.15. The van der Waals surface area contributed by atoms with E-state index in [2.05, 4.69) is 9.71 Å². The molecule has 0 saturated carbocycles. The maximum absolute atomic E-state index is 12.3. The average molecular weight is 343 g/mol. The minimum atomic E-state index is -3.66. The minimum absolute atomic E-state index is 0.0948. The van der Waals surface area contributed by atoms with Crippen molar-refractivity contribution in [1.82, 2.24) is 14.1 Å². The molecular weight excluding hydrogens is 326 g/mol. The molecule has 0 unspecified atom stereocenters. The number of benzene rings is 1. The molecule has 124 valence electrons. The Morgan fingerprint density at radius 3 is 2.58 bits per heavy atom. The highest BCUT2D eigenvalue weighted by atomic mass is 32.2. The van der Waals surface area contributed by atoms with Crippen LogP contribution in [-0.4, -0.2) is 23.6 Å². The predicted molar refractivity (Wildman–Crippen MR) is 90.4 cm³/mol. The molecule has 0 bridgehead atoms. The molecule has 0 radical (unpaired) electrons. The lowest BCUT2D eigenvalue weighted by Crippen LogP contribution is -2.23. The minimum Gasteiger partial charge on any atom is -0.307 e. The summed E-state index contributed by atoms with van der Waals surface area (Å²) in [6.45, 7) is 3.51. The van der Waals surface area contributed by atoms with Crippen LogP contribution in [-0.2, 0) is 16.6 Å². The van der Waals surface area contributed by atoms with Crippen LogP contribution in [0.15, 0.2) is 53.7 Å². The lowest BCUT2D eigenvalue weighted by atomic mass is 10.2. The fourth-order valence-corrected chi connectivity index (χ4v) is 3.34. The van der Waals surface area contributed by atoms with Crippen LogP contribution in [0.3, 0.4) is 0 Å². The number of hydrogen-bond acceptors (Lipinski definition) is 4. The molecule has 24 heavy (non-hydrogen) atoms. The van der Waals surface area contributed by atoms with E-state index in [0.717, 1.165) is 11.2 Å². The van der Waals surface area contributed by atoms with Gasteiger partial charge in [0.1, 0.15) is 5.65 Å². The molecule has 0 saturated heterocycles. The molecule has 6 nitrogen and oxygen atoms in total. The van der Waals surface area contributed by atoms with Crippen molar-refractivity contribution in [2.75, 3.05) is 0 Å². The summed E-state index contributed by atoms with van der Waals surface area (Å²) in [6.07, 6.45) is 3.67. The Kier molecular flexibility index (Phi) is 4.21. The molecule has 2 heterocycles. The molecule has 7 heteroatoms. The first-order chi connectivity index (χ1) is 11.3. The second kappa shape index (κ2) is 6.18. The van der Waals surface area contributed by atoms with Crippen LogP contribution < -0.4 is 4.72 Å². The molecule has 0 aliphatic rings. The largest absolute Gasteiger partial charge is 0.307 e. The monoisotopic (exact) mass is 343 g/mol. The third kappa shape index (κ3) is 3.37. The Labute approximate surface area is 140 Å². The van der Waals surface area contributed by atoms with E-state index in [1.54, 1.807) is 6.20 Å². The molecule has 0 aliphatic carbocycles. The van der Waals surface area contributed by atoms with Gasteiger partial charge in [-0.15, -0.1) is 0 Å². The number of hydrogen-bond donors (Lipinski definition) is 1. The van der Waals surface area contributed by atoms with Gasteiger partial charge < -0.3 is 4.40 Å². The van der Waals surface area contributed by atoms with E-state index in [4.69, 9.17) is 0 Å². The van der Waals surface area contributed by atoms with Gasteiger partial charge in [0.2, 0.25) is 10.0 Å². The molecule has 2 aromatic heterocycles. The van der Waals surface area contributed by atoms with Crippen molar-refractivity contribution in [1.29, 1.82) is 0 Å². The van der Waals surface area contributed by atoms with Gasteiger partial charge in [0, 0.05) is 18.0 Å². The quantitative estimate of drug-likeness (QED) is 0.721. The molecule has 0 amide bonds. The summed E-state index contributed by atoms with van der Waals surface area (Å²) in [7, 11) is -3.66. The molecule has 3 aromatic rings. The molecule has 0 fully saturated rings. The van der Waals surface area contributed by atoms with Crippen molar-refractivity contribution in [3.63, 3.8) is 0 Å². The second-order valence-electron chi connectivity index (χ2n) is 5.61. The number of aromatic nitrogens is 2. The summed E-state index contributed by atoms with van der Waals surface area (Å²) in [4.78, 5) is 15.8. The first kappa shape index (κ1) is 16.4. The Morgan fingerprint density at radius 2 is 1.92 bits per heavy atom. The third-order valence-electron chi connectivity index (χ3n) is 3.68. The molecular formula is C17H17N3O3S. The summed E-state index contributed by atoms with van der Waals surface area (Å²) >= 11 is 0. The lowest BCUT2D eigenvalue weighted by Gasteiger charge is -2.05. The van der Waals surface area contributed by atoms with Crippen LogP contribution in [0.1, 0.15) is 28.5 Å². The van der Waals surface area contributed by atoms with Crippen molar-refractivity contribution in [3.8, 4) is 0 Å². The first-order valence-electron chi connectivity index (χ1n) is 7.40. The van der Waals surface area contributed by atoms with E-state index in [1.165, 1.54) is 31.2 Å². The SMILES string of the molecule is CC(=O)c1ccc(S(=O)(=O)NCc2cn3ccc(C)cc3n2)cc1. The molecule has 0 spiro atoms. The number of nitrogens with one attached hydrogen (secondary N) is 1. The van der Waals surface area contributed by atoms with Crippen molar-refractivity contribution < 1.29 is 13.2 Å². The number of pyridine rings is 1. The van der Waals surface area contributed by atoms with Gasteiger partial charge >= 0.3 is 0 Å². The number of ketones is 1. The lowest BCUT2D eigenvalue weighted by molar-refractivity contribution is 0.101. The topological polar surface area (TPSA) is 80.5 Å². The van der Waals surface area contributed by atoms with Gasteiger partial charge in [0.25, 0.3) is 0 Å². The smallest absolute Gasteiger partial charge is 0.240 e. The zero-order valence-electron chi connectivity index (χ0n) is 13.4. The Morgan fingerprint density at radius 1 is 1.21 bits per heavy atom. The van der Waals surface area contributed by atoms with E-state index in [-0.39, 0.29) is 17.2 Å². The third-order valence-corrected chi connectivity index (χ3v) is 5.10. The fourth-order valence-electron chi connectivity index (χ4n) is 2.34. The van der Waals surface area contributed by atoms with E-state index in [0.29, 0.717) is 11.3 Å². The van der Waals surface area contributed by atoms with Crippen LogP contribution in [0.5, 0.6) is 0 Å². The summed E-state index contributed by atoms with van der Waals surface area (Å²) in [6, 6.07) is 9.74. The van der Waals surface area contributed by atoms with Gasteiger partial charge in [-0.1, -0.05) is 12.1 Å². The number of imidazole rings is 1. The van der Waals surface area contributed by atoms with Gasteiger partial charge in [-0.25, -0.2) is 18.1 Å². The van der Waals surface area contributed by atoms with E-state index < -0.39 is 10.0 Å². The molecule has 3 rings (SSSR count).